The molecule has 118 valence electrons. The molecule has 0 atom stereocenters. The van der Waals surface area contributed by atoms with E-state index in [1.165, 1.54) is 6.20 Å². The number of hydrogen-bond acceptors (Lipinski definition) is 5. The lowest BCUT2D eigenvalue weighted by molar-refractivity contribution is -0.130. The normalized spacial score (nSPS) is 14.8. The third-order valence-corrected chi connectivity index (χ3v) is 3.36. The fourth-order valence-electron chi connectivity index (χ4n) is 2.15. The Morgan fingerprint density at radius 1 is 1.23 bits per heavy atom. The van der Waals surface area contributed by atoms with Crippen molar-refractivity contribution in [3.8, 4) is 0 Å². The molecule has 0 radical (unpaired) electrons. The van der Waals surface area contributed by atoms with Gasteiger partial charge in [0.05, 0.1) is 6.54 Å². The van der Waals surface area contributed by atoms with E-state index in [-0.39, 0.29) is 18.4 Å². The Morgan fingerprint density at radius 2 is 1.91 bits per heavy atom. The van der Waals surface area contributed by atoms with Gasteiger partial charge in [-0.25, -0.2) is 0 Å². The number of nitrogens with two attached hydrogens (primary N) is 1. The van der Waals surface area contributed by atoms with E-state index in [9.17, 15) is 9.59 Å². The zero-order chi connectivity index (χ0) is 15.8. The van der Waals surface area contributed by atoms with Gasteiger partial charge in [-0.3, -0.25) is 9.59 Å². The second-order valence-corrected chi connectivity index (χ2v) is 4.89. The monoisotopic (exact) mass is 303 g/mol. The van der Waals surface area contributed by atoms with Gasteiger partial charge in [0.15, 0.2) is 0 Å². The molecule has 0 bridgehead atoms. The van der Waals surface area contributed by atoms with Gasteiger partial charge in [-0.05, 0) is 24.3 Å². The zero-order valence-corrected chi connectivity index (χ0v) is 12.3. The summed E-state index contributed by atoms with van der Waals surface area (Å²) in [6.45, 7) is 2.99. The Labute approximate surface area is 129 Å². The quantitative estimate of drug-likeness (QED) is 0.598. The number of hydrogen-bond donors (Lipinski definition) is 4. The standard InChI is InChI=1S/C15H21N5O2/c16-5-6-18-13-3-1-12(2-4-13)15(22)19-11-14(21)20-9-7-17-8-10-20/h1-6,17-18H,7-11,16H2,(H,19,22)/b6-5-. The number of anilines is 1. The molecule has 2 rings (SSSR count). The maximum absolute atomic E-state index is 12.0. The van der Waals surface area contributed by atoms with Crippen LogP contribution in [0.5, 0.6) is 0 Å². The summed E-state index contributed by atoms with van der Waals surface area (Å²) >= 11 is 0. The Hall–Kier alpha value is -2.54. The molecule has 5 N–H and O–H groups in total. The summed E-state index contributed by atoms with van der Waals surface area (Å²) in [5.41, 5.74) is 6.58. The van der Waals surface area contributed by atoms with Gasteiger partial charge in [-0.15, -0.1) is 0 Å². The van der Waals surface area contributed by atoms with Crippen molar-refractivity contribution in [2.45, 2.75) is 0 Å². The molecule has 1 fully saturated rings. The van der Waals surface area contributed by atoms with Crippen LogP contribution in [0.1, 0.15) is 10.4 Å². The Kier molecular flexibility index (Phi) is 5.79. The molecule has 7 nitrogen and oxygen atoms in total. The molecule has 1 saturated heterocycles. The zero-order valence-electron chi connectivity index (χ0n) is 12.3. The van der Waals surface area contributed by atoms with Crippen molar-refractivity contribution in [2.75, 3.05) is 38.0 Å². The van der Waals surface area contributed by atoms with Crippen LogP contribution in [-0.4, -0.2) is 49.4 Å². The minimum absolute atomic E-state index is 0.0226. The van der Waals surface area contributed by atoms with Gasteiger partial charge in [-0.2, -0.15) is 0 Å². The summed E-state index contributed by atoms with van der Waals surface area (Å²) in [5, 5.41) is 8.78. The maximum Gasteiger partial charge on any atom is 0.251 e. The van der Waals surface area contributed by atoms with E-state index in [1.807, 2.05) is 0 Å². The van der Waals surface area contributed by atoms with Crippen molar-refractivity contribution in [3.05, 3.63) is 42.2 Å². The SMILES string of the molecule is N/C=C\Nc1ccc(C(=O)NCC(=O)N2CCNCC2)cc1. The van der Waals surface area contributed by atoms with Crippen LogP contribution in [0, 0.1) is 0 Å². The molecule has 0 saturated carbocycles. The molecule has 1 aromatic rings. The number of rotatable bonds is 5. The Morgan fingerprint density at radius 3 is 2.55 bits per heavy atom. The van der Waals surface area contributed by atoms with E-state index in [2.05, 4.69) is 16.0 Å². The minimum Gasteiger partial charge on any atom is -0.403 e. The molecule has 22 heavy (non-hydrogen) atoms. The predicted molar refractivity (Wildman–Crippen MR) is 85.2 cm³/mol. The van der Waals surface area contributed by atoms with Crippen LogP contribution in [0.2, 0.25) is 0 Å². The number of piperazine rings is 1. The second-order valence-electron chi connectivity index (χ2n) is 4.89. The first kappa shape index (κ1) is 15.8. The number of carbonyl (C=O) groups is 2. The first-order valence-corrected chi connectivity index (χ1v) is 7.21. The Bertz CT molecular complexity index is 535. The van der Waals surface area contributed by atoms with Crippen molar-refractivity contribution in [1.82, 2.24) is 15.5 Å². The van der Waals surface area contributed by atoms with Gasteiger partial charge in [0.1, 0.15) is 0 Å². The molecule has 0 aromatic heterocycles. The highest BCUT2D eigenvalue weighted by atomic mass is 16.2. The molecule has 0 spiro atoms. The minimum atomic E-state index is -0.260. The first-order chi connectivity index (χ1) is 10.7. The lowest BCUT2D eigenvalue weighted by Gasteiger charge is -2.27. The lowest BCUT2D eigenvalue weighted by atomic mass is 10.2. The highest BCUT2D eigenvalue weighted by Gasteiger charge is 2.16. The van der Waals surface area contributed by atoms with Gasteiger partial charge < -0.3 is 26.6 Å². The molecule has 1 aliphatic rings. The summed E-state index contributed by atoms with van der Waals surface area (Å²) in [5.74, 6) is -0.314. The summed E-state index contributed by atoms with van der Waals surface area (Å²) in [4.78, 5) is 25.7. The van der Waals surface area contributed by atoms with Crippen molar-refractivity contribution in [2.24, 2.45) is 5.73 Å². The van der Waals surface area contributed by atoms with Crippen molar-refractivity contribution in [3.63, 3.8) is 0 Å². The molecule has 1 heterocycles. The van der Waals surface area contributed by atoms with Crippen LogP contribution in [0.4, 0.5) is 5.69 Å². The van der Waals surface area contributed by atoms with Gasteiger partial charge in [-0.1, -0.05) is 0 Å². The molecule has 0 unspecified atom stereocenters. The van der Waals surface area contributed by atoms with Crippen LogP contribution in [-0.2, 0) is 4.79 Å². The Balaban J connectivity index is 1.82. The molecular weight excluding hydrogens is 282 g/mol. The number of amides is 2. The number of benzene rings is 1. The maximum atomic E-state index is 12.0. The molecule has 2 amide bonds. The van der Waals surface area contributed by atoms with E-state index in [4.69, 9.17) is 5.73 Å². The molecule has 1 aromatic carbocycles. The van der Waals surface area contributed by atoms with E-state index >= 15 is 0 Å². The fraction of sp³-hybridized carbons (Fsp3) is 0.333. The van der Waals surface area contributed by atoms with E-state index in [1.54, 1.807) is 35.4 Å². The van der Waals surface area contributed by atoms with E-state index in [0.29, 0.717) is 18.7 Å². The summed E-state index contributed by atoms with van der Waals surface area (Å²) in [6, 6.07) is 6.93. The average Bonchev–Trinajstić information content (AvgIpc) is 2.58. The van der Waals surface area contributed by atoms with Crippen molar-refractivity contribution < 1.29 is 9.59 Å². The van der Waals surface area contributed by atoms with Crippen LogP contribution in [0.3, 0.4) is 0 Å². The van der Waals surface area contributed by atoms with Gasteiger partial charge in [0.25, 0.3) is 5.91 Å². The van der Waals surface area contributed by atoms with E-state index in [0.717, 1.165) is 18.8 Å². The van der Waals surface area contributed by atoms with Crippen LogP contribution in [0.15, 0.2) is 36.7 Å². The van der Waals surface area contributed by atoms with Crippen LogP contribution >= 0.6 is 0 Å². The highest BCUT2D eigenvalue weighted by Crippen LogP contribution is 2.09. The van der Waals surface area contributed by atoms with Crippen molar-refractivity contribution in [1.29, 1.82) is 0 Å². The van der Waals surface area contributed by atoms with E-state index < -0.39 is 0 Å². The third-order valence-electron chi connectivity index (χ3n) is 3.36. The number of nitrogens with zero attached hydrogens (tertiary/aromatic N) is 1. The fourth-order valence-corrected chi connectivity index (χ4v) is 2.15. The van der Waals surface area contributed by atoms with Gasteiger partial charge in [0, 0.05) is 49.8 Å². The molecule has 7 heteroatoms. The van der Waals surface area contributed by atoms with Gasteiger partial charge >= 0.3 is 0 Å². The largest absolute Gasteiger partial charge is 0.403 e. The molecule has 1 aliphatic heterocycles. The van der Waals surface area contributed by atoms with Crippen LogP contribution in [0.25, 0.3) is 0 Å². The second kappa shape index (κ2) is 8.04. The first-order valence-electron chi connectivity index (χ1n) is 7.21. The van der Waals surface area contributed by atoms with Crippen molar-refractivity contribution >= 4 is 17.5 Å². The summed E-state index contributed by atoms with van der Waals surface area (Å²) in [6.07, 6.45) is 2.99. The topological polar surface area (TPSA) is 99.5 Å². The predicted octanol–water partition coefficient (Wildman–Crippen LogP) is -0.310. The van der Waals surface area contributed by atoms with Crippen LogP contribution < -0.4 is 21.7 Å². The average molecular weight is 303 g/mol. The number of nitrogens with one attached hydrogen (secondary N) is 3. The summed E-state index contributed by atoms with van der Waals surface area (Å²) < 4.78 is 0. The number of carbonyl (C=O) groups excluding carboxylic acids is 2. The molecular formula is C15H21N5O2. The highest BCUT2D eigenvalue weighted by molar-refractivity contribution is 5.96. The summed E-state index contributed by atoms with van der Waals surface area (Å²) in [7, 11) is 0. The smallest absolute Gasteiger partial charge is 0.251 e. The van der Waals surface area contributed by atoms with Gasteiger partial charge in [0.2, 0.25) is 5.91 Å². The molecule has 0 aliphatic carbocycles. The lowest BCUT2D eigenvalue weighted by Crippen LogP contribution is -2.49. The third kappa shape index (κ3) is 4.49.